The van der Waals surface area contributed by atoms with Gasteiger partial charge in [0.15, 0.2) is 0 Å². The fourth-order valence-corrected chi connectivity index (χ4v) is 1.92. The lowest BCUT2D eigenvalue weighted by atomic mass is 10.1. The lowest BCUT2D eigenvalue weighted by Gasteiger charge is -2.16. The Hall–Kier alpha value is -2.80. The predicted octanol–water partition coefficient (Wildman–Crippen LogP) is 2.92. The highest BCUT2D eigenvalue weighted by molar-refractivity contribution is 5.98. The Morgan fingerprint density at radius 3 is 2.55 bits per heavy atom. The molecule has 2 rings (SSSR count). The Balaban J connectivity index is 1.91. The monoisotopic (exact) mass is 296 g/mol. The van der Waals surface area contributed by atoms with Gasteiger partial charge in [0.05, 0.1) is 5.56 Å². The van der Waals surface area contributed by atoms with Crippen molar-refractivity contribution in [3.63, 3.8) is 0 Å². The minimum absolute atomic E-state index is 0.123. The van der Waals surface area contributed by atoms with Crippen molar-refractivity contribution in [3.8, 4) is 11.8 Å². The van der Waals surface area contributed by atoms with Gasteiger partial charge < -0.3 is 10.6 Å². The topological polar surface area (TPSA) is 46.3 Å². The highest BCUT2D eigenvalue weighted by Gasteiger charge is 2.13. The minimum Gasteiger partial charge on any atom is -0.398 e. The van der Waals surface area contributed by atoms with Gasteiger partial charge in [0, 0.05) is 31.3 Å². The van der Waals surface area contributed by atoms with Crippen molar-refractivity contribution in [2.45, 2.75) is 6.42 Å². The molecule has 0 radical (unpaired) electrons. The number of carbonyl (C=O) groups is 1. The van der Waals surface area contributed by atoms with Crippen LogP contribution in [0.2, 0.25) is 0 Å². The average Bonchev–Trinajstić information content (AvgIpc) is 2.53. The third kappa shape index (κ3) is 4.10. The molecule has 0 saturated carbocycles. The molecule has 112 valence electrons. The summed E-state index contributed by atoms with van der Waals surface area (Å²) in [6.45, 7) is 0.501. The Labute approximate surface area is 129 Å². The summed E-state index contributed by atoms with van der Waals surface area (Å²) in [4.78, 5) is 13.8. The highest BCUT2D eigenvalue weighted by atomic mass is 19.1. The molecule has 0 heterocycles. The van der Waals surface area contributed by atoms with E-state index in [0.717, 1.165) is 5.56 Å². The first-order valence-corrected chi connectivity index (χ1v) is 6.92. The smallest absolute Gasteiger partial charge is 0.255 e. The number of anilines is 1. The molecule has 0 aliphatic carbocycles. The van der Waals surface area contributed by atoms with Crippen LogP contribution in [-0.2, 0) is 0 Å². The van der Waals surface area contributed by atoms with Gasteiger partial charge in [0.1, 0.15) is 5.82 Å². The van der Waals surface area contributed by atoms with E-state index in [2.05, 4.69) is 11.8 Å². The molecule has 0 atom stereocenters. The SMILES string of the molecule is CN(CCC#Cc1ccc(F)cc1)C(=O)c1ccccc1N. The minimum atomic E-state index is -0.281. The molecule has 2 aromatic rings. The third-order valence-electron chi connectivity index (χ3n) is 3.19. The van der Waals surface area contributed by atoms with Gasteiger partial charge in [-0.25, -0.2) is 4.39 Å². The maximum absolute atomic E-state index is 12.8. The number of carbonyl (C=O) groups excluding carboxylic acids is 1. The van der Waals surface area contributed by atoms with E-state index in [0.29, 0.717) is 24.2 Å². The van der Waals surface area contributed by atoms with E-state index in [-0.39, 0.29) is 11.7 Å². The van der Waals surface area contributed by atoms with Crippen LogP contribution in [0.4, 0.5) is 10.1 Å². The van der Waals surface area contributed by atoms with Crippen molar-refractivity contribution in [2.75, 3.05) is 19.3 Å². The third-order valence-corrected chi connectivity index (χ3v) is 3.19. The molecule has 0 aromatic heterocycles. The number of nitrogen functional groups attached to an aromatic ring is 1. The van der Waals surface area contributed by atoms with Gasteiger partial charge in [0.25, 0.3) is 5.91 Å². The molecule has 4 heteroatoms. The predicted molar refractivity (Wildman–Crippen MR) is 85.7 cm³/mol. The quantitative estimate of drug-likeness (QED) is 0.699. The van der Waals surface area contributed by atoms with Gasteiger partial charge in [-0.1, -0.05) is 24.0 Å². The number of benzene rings is 2. The number of hydrogen-bond acceptors (Lipinski definition) is 2. The van der Waals surface area contributed by atoms with Crippen LogP contribution in [0.5, 0.6) is 0 Å². The Morgan fingerprint density at radius 2 is 1.86 bits per heavy atom. The zero-order valence-corrected chi connectivity index (χ0v) is 12.3. The summed E-state index contributed by atoms with van der Waals surface area (Å²) in [7, 11) is 1.72. The molecule has 0 aliphatic heterocycles. The molecule has 2 N–H and O–H groups in total. The molecule has 0 bridgehead atoms. The number of nitrogens with two attached hydrogens (primary N) is 1. The van der Waals surface area contributed by atoms with Gasteiger partial charge >= 0.3 is 0 Å². The van der Waals surface area contributed by atoms with Crippen molar-refractivity contribution in [3.05, 3.63) is 65.5 Å². The van der Waals surface area contributed by atoms with E-state index >= 15 is 0 Å². The maximum Gasteiger partial charge on any atom is 0.255 e. The first-order chi connectivity index (χ1) is 10.6. The zero-order chi connectivity index (χ0) is 15.9. The van der Waals surface area contributed by atoms with Gasteiger partial charge in [-0.3, -0.25) is 4.79 Å². The van der Waals surface area contributed by atoms with Crippen molar-refractivity contribution in [1.29, 1.82) is 0 Å². The molecule has 22 heavy (non-hydrogen) atoms. The van der Waals surface area contributed by atoms with Crippen LogP contribution in [0.1, 0.15) is 22.3 Å². The largest absolute Gasteiger partial charge is 0.398 e. The lowest BCUT2D eigenvalue weighted by Crippen LogP contribution is -2.28. The summed E-state index contributed by atoms with van der Waals surface area (Å²) >= 11 is 0. The second kappa shape index (κ2) is 7.28. The summed E-state index contributed by atoms with van der Waals surface area (Å²) in [5, 5.41) is 0. The molecule has 0 spiro atoms. The zero-order valence-electron chi connectivity index (χ0n) is 12.3. The van der Waals surface area contributed by atoms with Crippen LogP contribution in [0.15, 0.2) is 48.5 Å². The van der Waals surface area contributed by atoms with Crippen LogP contribution in [0.25, 0.3) is 0 Å². The van der Waals surface area contributed by atoms with Crippen LogP contribution in [0.3, 0.4) is 0 Å². The summed E-state index contributed by atoms with van der Waals surface area (Å²) in [6, 6.07) is 13.0. The number of halogens is 1. The van der Waals surface area contributed by atoms with Gasteiger partial charge in [0.2, 0.25) is 0 Å². The number of amides is 1. The molecule has 0 unspecified atom stereocenters. The lowest BCUT2D eigenvalue weighted by molar-refractivity contribution is 0.0799. The number of hydrogen-bond donors (Lipinski definition) is 1. The van der Waals surface area contributed by atoms with Crippen LogP contribution in [0, 0.1) is 17.7 Å². The molecule has 0 aliphatic rings. The van der Waals surface area contributed by atoms with Gasteiger partial charge in [-0.2, -0.15) is 0 Å². The standard InChI is InChI=1S/C18H17FN2O/c1-21(18(22)16-7-2-3-8-17(16)20)13-5-4-6-14-9-11-15(19)12-10-14/h2-3,7-12H,5,13,20H2,1H3. The van der Waals surface area contributed by atoms with Crippen molar-refractivity contribution >= 4 is 11.6 Å². The molecular weight excluding hydrogens is 279 g/mol. The molecule has 0 saturated heterocycles. The van der Waals surface area contributed by atoms with Crippen molar-refractivity contribution < 1.29 is 9.18 Å². The highest BCUT2D eigenvalue weighted by Crippen LogP contribution is 2.12. The average molecular weight is 296 g/mol. The molecule has 1 amide bonds. The van der Waals surface area contributed by atoms with Crippen LogP contribution >= 0.6 is 0 Å². The summed E-state index contributed by atoms with van der Waals surface area (Å²) < 4.78 is 12.8. The first-order valence-electron chi connectivity index (χ1n) is 6.92. The number of para-hydroxylation sites is 1. The Morgan fingerprint density at radius 1 is 1.18 bits per heavy atom. The summed E-state index contributed by atoms with van der Waals surface area (Å²) in [5.41, 5.74) is 7.51. The number of nitrogens with zero attached hydrogens (tertiary/aromatic N) is 1. The van der Waals surface area contributed by atoms with Gasteiger partial charge in [-0.05, 0) is 36.4 Å². The van der Waals surface area contributed by atoms with Crippen molar-refractivity contribution in [1.82, 2.24) is 4.90 Å². The van der Waals surface area contributed by atoms with Crippen LogP contribution in [-0.4, -0.2) is 24.4 Å². The van der Waals surface area contributed by atoms with E-state index in [9.17, 15) is 9.18 Å². The number of rotatable bonds is 3. The fraction of sp³-hybridized carbons (Fsp3) is 0.167. The van der Waals surface area contributed by atoms with E-state index in [1.807, 2.05) is 0 Å². The second-order valence-electron chi connectivity index (χ2n) is 4.87. The van der Waals surface area contributed by atoms with Crippen molar-refractivity contribution in [2.24, 2.45) is 0 Å². The van der Waals surface area contributed by atoms with Crippen LogP contribution < -0.4 is 5.73 Å². The molecule has 2 aromatic carbocycles. The molecule has 0 fully saturated rings. The van der Waals surface area contributed by atoms with E-state index < -0.39 is 0 Å². The summed E-state index contributed by atoms with van der Waals surface area (Å²) in [5.74, 6) is 5.51. The maximum atomic E-state index is 12.8. The van der Waals surface area contributed by atoms with E-state index in [1.54, 1.807) is 48.3 Å². The van der Waals surface area contributed by atoms with E-state index in [1.165, 1.54) is 12.1 Å². The first kappa shape index (κ1) is 15.6. The van der Waals surface area contributed by atoms with E-state index in [4.69, 9.17) is 5.73 Å². The second-order valence-corrected chi connectivity index (χ2v) is 4.87. The fourth-order valence-electron chi connectivity index (χ4n) is 1.92. The normalized spacial score (nSPS) is 9.73. The Kier molecular flexibility index (Phi) is 5.16. The molecular formula is C18H17FN2O. The van der Waals surface area contributed by atoms with Gasteiger partial charge in [-0.15, -0.1) is 0 Å². The molecule has 3 nitrogen and oxygen atoms in total. The Bertz CT molecular complexity index is 714. The summed E-state index contributed by atoms with van der Waals surface area (Å²) in [6.07, 6.45) is 0.534.